The number of hydrogen-bond acceptors (Lipinski definition) is 3. The third kappa shape index (κ3) is 8.01. The Hall–Kier alpha value is -0.340. The van der Waals surface area contributed by atoms with E-state index in [0.717, 1.165) is 32.1 Å². The van der Waals surface area contributed by atoms with Gasteiger partial charge in [0.2, 0.25) is 0 Å². The van der Waals surface area contributed by atoms with Crippen molar-refractivity contribution >= 4 is 41.3 Å². The van der Waals surface area contributed by atoms with E-state index >= 15 is 0 Å². The first-order valence-electron chi connectivity index (χ1n) is 7.41. The van der Waals surface area contributed by atoms with E-state index in [-0.39, 0.29) is 24.0 Å². The zero-order chi connectivity index (χ0) is 14.8. The number of nitrogens with zero attached hydrogens (tertiary/aromatic N) is 2. The van der Waals surface area contributed by atoms with Gasteiger partial charge in [-0.15, -0.1) is 35.3 Å². The van der Waals surface area contributed by atoms with Crippen LogP contribution in [-0.2, 0) is 6.54 Å². The normalized spacial score (nSPS) is 11.4. The number of aliphatic imine (C=N–C) groups is 1. The van der Waals surface area contributed by atoms with Crippen LogP contribution in [0.15, 0.2) is 16.4 Å². The predicted octanol–water partition coefficient (Wildman–Crippen LogP) is 3.07. The number of thiophene rings is 1. The van der Waals surface area contributed by atoms with Crippen molar-refractivity contribution in [3.63, 3.8) is 0 Å². The van der Waals surface area contributed by atoms with Crippen LogP contribution in [-0.4, -0.2) is 44.1 Å². The number of halogens is 1. The summed E-state index contributed by atoms with van der Waals surface area (Å²) >= 11 is 1.79. The van der Waals surface area contributed by atoms with Crippen molar-refractivity contribution in [2.75, 3.05) is 33.2 Å². The van der Waals surface area contributed by atoms with E-state index in [2.05, 4.69) is 52.7 Å². The SMILES string of the molecule is CCCN(CC)CCNC(=NC)NCc1sccc1C.I. The minimum Gasteiger partial charge on any atom is -0.355 e. The molecule has 0 bridgehead atoms. The Balaban J connectivity index is 0.00000400. The van der Waals surface area contributed by atoms with Gasteiger partial charge in [0.15, 0.2) is 5.96 Å². The summed E-state index contributed by atoms with van der Waals surface area (Å²) in [6, 6.07) is 2.15. The first kappa shape index (κ1) is 20.7. The first-order chi connectivity index (χ1) is 9.71. The van der Waals surface area contributed by atoms with Crippen LogP contribution in [0, 0.1) is 6.92 Å². The largest absolute Gasteiger partial charge is 0.355 e. The molecule has 0 amide bonds. The zero-order valence-corrected chi connectivity index (χ0v) is 16.8. The van der Waals surface area contributed by atoms with E-state index < -0.39 is 0 Å². The van der Waals surface area contributed by atoms with Gasteiger partial charge < -0.3 is 15.5 Å². The number of nitrogens with one attached hydrogen (secondary N) is 2. The second-order valence-electron chi connectivity index (χ2n) is 4.81. The molecule has 1 aromatic rings. The molecule has 2 N–H and O–H groups in total. The lowest BCUT2D eigenvalue weighted by Gasteiger charge is -2.20. The third-order valence-corrected chi connectivity index (χ3v) is 4.34. The van der Waals surface area contributed by atoms with Gasteiger partial charge in [0.1, 0.15) is 0 Å². The summed E-state index contributed by atoms with van der Waals surface area (Å²) in [7, 11) is 1.82. The fourth-order valence-electron chi connectivity index (χ4n) is 2.05. The third-order valence-electron chi connectivity index (χ3n) is 3.32. The molecule has 0 aliphatic carbocycles. The number of rotatable bonds is 8. The van der Waals surface area contributed by atoms with Crippen LogP contribution in [0.2, 0.25) is 0 Å². The monoisotopic (exact) mass is 424 g/mol. The number of guanidine groups is 1. The van der Waals surface area contributed by atoms with Crippen molar-refractivity contribution in [3.05, 3.63) is 21.9 Å². The highest BCUT2D eigenvalue weighted by molar-refractivity contribution is 14.0. The van der Waals surface area contributed by atoms with Crippen molar-refractivity contribution in [3.8, 4) is 0 Å². The van der Waals surface area contributed by atoms with E-state index in [0.29, 0.717) is 0 Å². The first-order valence-corrected chi connectivity index (χ1v) is 8.29. The van der Waals surface area contributed by atoms with Crippen LogP contribution in [0.1, 0.15) is 30.7 Å². The van der Waals surface area contributed by atoms with Gasteiger partial charge in [-0.05, 0) is 43.4 Å². The maximum Gasteiger partial charge on any atom is 0.191 e. The van der Waals surface area contributed by atoms with Gasteiger partial charge in [-0.3, -0.25) is 4.99 Å². The van der Waals surface area contributed by atoms with E-state index in [1.807, 2.05) is 7.05 Å². The number of hydrogen-bond donors (Lipinski definition) is 2. The molecule has 0 saturated heterocycles. The van der Waals surface area contributed by atoms with Gasteiger partial charge in [-0.25, -0.2) is 0 Å². The Kier molecular flexibility index (Phi) is 12.0. The molecule has 1 aromatic heterocycles. The molecule has 1 rings (SSSR count). The molecule has 1 heterocycles. The average Bonchev–Trinajstić information content (AvgIpc) is 2.86. The minimum atomic E-state index is 0. The summed E-state index contributed by atoms with van der Waals surface area (Å²) in [5.74, 6) is 0.880. The molecule has 21 heavy (non-hydrogen) atoms. The van der Waals surface area contributed by atoms with Gasteiger partial charge in [0, 0.05) is 25.0 Å². The van der Waals surface area contributed by atoms with Crippen LogP contribution in [0.25, 0.3) is 0 Å². The topological polar surface area (TPSA) is 39.7 Å². The Labute approximate surface area is 150 Å². The van der Waals surface area contributed by atoms with Gasteiger partial charge in [0.05, 0.1) is 6.54 Å². The molecule has 0 fully saturated rings. The van der Waals surface area contributed by atoms with Crippen LogP contribution in [0.4, 0.5) is 0 Å². The van der Waals surface area contributed by atoms with E-state index in [1.165, 1.54) is 23.4 Å². The van der Waals surface area contributed by atoms with Gasteiger partial charge >= 0.3 is 0 Å². The second kappa shape index (κ2) is 12.2. The van der Waals surface area contributed by atoms with Crippen molar-refractivity contribution in [2.45, 2.75) is 33.7 Å². The highest BCUT2D eigenvalue weighted by Gasteiger charge is 2.03. The van der Waals surface area contributed by atoms with Crippen molar-refractivity contribution in [1.29, 1.82) is 0 Å². The summed E-state index contributed by atoms with van der Waals surface area (Å²) < 4.78 is 0. The molecule has 0 unspecified atom stereocenters. The molecule has 0 saturated carbocycles. The Morgan fingerprint density at radius 3 is 2.57 bits per heavy atom. The summed E-state index contributed by atoms with van der Waals surface area (Å²) in [5, 5.41) is 8.87. The molecule has 0 atom stereocenters. The molecule has 0 spiro atoms. The molecule has 0 aromatic carbocycles. The molecule has 0 radical (unpaired) electrons. The molecule has 0 aliphatic rings. The smallest absolute Gasteiger partial charge is 0.191 e. The fraction of sp³-hybridized carbons (Fsp3) is 0.667. The van der Waals surface area contributed by atoms with E-state index in [1.54, 1.807) is 11.3 Å². The maximum atomic E-state index is 4.27. The Morgan fingerprint density at radius 2 is 2.05 bits per heavy atom. The second-order valence-corrected chi connectivity index (χ2v) is 5.81. The highest BCUT2D eigenvalue weighted by Crippen LogP contribution is 2.14. The van der Waals surface area contributed by atoms with Gasteiger partial charge in [-0.1, -0.05) is 13.8 Å². The molecule has 0 aliphatic heterocycles. The molecular formula is C15H29IN4S. The molecule has 122 valence electrons. The average molecular weight is 424 g/mol. The van der Waals surface area contributed by atoms with Crippen molar-refractivity contribution < 1.29 is 0 Å². The summed E-state index contributed by atoms with van der Waals surface area (Å²) in [4.78, 5) is 8.08. The van der Waals surface area contributed by atoms with Crippen LogP contribution >= 0.6 is 35.3 Å². The number of likely N-dealkylation sites (N-methyl/N-ethyl adjacent to an activating group) is 1. The van der Waals surface area contributed by atoms with E-state index in [9.17, 15) is 0 Å². The van der Waals surface area contributed by atoms with E-state index in [4.69, 9.17) is 0 Å². The van der Waals surface area contributed by atoms with Crippen LogP contribution in [0.3, 0.4) is 0 Å². The lowest BCUT2D eigenvalue weighted by Crippen LogP contribution is -2.41. The van der Waals surface area contributed by atoms with Crippen molar-refractivity contribution in [2.24, 2.45) is 4.99 Å². The standard InChI is InChI=1S/C15H28N4S.HI/c1-5-9-19(6-2)10-8-17-15(16-4)18-12-14-13(3)7-11-20-14;/h7,11H,5-6,8-10,12H2,1-4H3,(H2,16,17,18);1H. The molecule has 4 nitrogen and oxygen atoms in total. The fourth-order valence-corrected chi connectivity index (χ4v) is 2.89. The summed E-state index contributed by atoms with van der Waals surface area (Å²) in [6.45, 7) is 11.7. The highest BCUT2D eigenvalue weighted by atomic mass is 127. The van der Waals surface area contributed by atoms with Gasteiger partial charge in [0.25, 0.3) is 0 Å². The quantitative estimate of drug-likeness (QED) is 0.383. The Bertz CT molecular complexity index is 406. The minimum absolute atomic E-state index is 0. The predicted molar refractivity (Wildman–Crippen MR) is 105 cm³/mol. The van der Waals surface area contributed by atoms with Gasteiger partial charge in [-0.2, -0.15) is 0 Å². The van der Waals surface area contributed by atoms with Crippen LogP contribution in [0.5, 0.6) is 0 Å². The molecular weight excluding hydrogens is 395 g/mol. The molecule has 6 heteroatoms. The van der Waals surface area contributed by atoms with Crippen molar-refractivity contribution in [1.82, 2.24) is 15.5 Å². The summed E-state index contributed by atoms with van der Waals surface area (Å²) in [5.41, 5.74) is 1.35. The lowest BCUT2D eigenvalue weighted by atomic mass is 10.3. The zero-order valence-electron chi connectivity index (χ0n) is 13.6. The number of aryl methyl sites for hydroxylation is 1. The lowest BCUT2D eigenvalue weighted by molar-refractivity contribution is 0.293. The van der Waals surface area contributed by atoms with Crippen LogP contribution < -0.4 is 10.6 Å². The maximum absolute atomic E-state index is 4.27. The Morgan fingerprint density at radius 1 is 1.29 bits per heavy atom. The summed E-state index contributed by atoms with van der Waals surface area (Å²) in [6.07, 6.45) is 1.21.